The van der Waals surface area contributed by atoms with Crippen molar-refractivity contribution in [3.05, 3.63) is 53.5 Å². The molecule has 0 saturated carbocycles. The summed E-state index contributed by atoms with van der Waals surface area (Å²) in [7, 11) is 0. The molecule has 10 heteroatoms. The van der Waals surface area contributed by atoms with Crippen molar-refractivity contribution in [2.75, 3.05) is 0 Å². The van der Waals surface area contributed by atoms with Crippen LogP contribution in [0.25, 0.3) is 21.5 Å². The van der Waals surface area contributed by atoms with Gasteiger partial charge in [0.2, 0.25) is 12.2 Å². The van der Waals surface area contributed by atoms with Crippen molar-refractivity contribution >= 4 is 33.7 Å². The maximum absolute atomic E-state index is 13.0. The number of carbonyl (C=O) groups excluding carboxylic acids is 2. The van der Waals surface area contributed by atoms with Crippen molar-refractivity contribution in [3.8, 4) is 0 Å². The maximum Gasteiger partial charge on any atom is 0.263 e. The van der Waals surface area contributed by atoms with Crippen molar-refractivity contribution < 1.29 is 9.59 Å². The number of isocyanates is 2. The van der Waals surface area contributed by atoms with Gasteiger partial charge < -0.3 is 0 Å². The number of aromatic nitrogens is 2. The second-order valence-corrected chi connectivity index (χ2v) is 8.57. The SMILES string of the molecule is CC(C)C[C@@H](N=C=O)n1c(=O)c2cc3c(=O)n([C@@H](CC(C)C)N=C=O)c(=O)c3cc2c1=O. The van der Waals surface area contributed by atoms with Gasteiger partial charge in [0.15, 0.2) is 0 Å². The van der Waals surface area contributed by atoms with Crippen molar-refractivity contribution in [1.82, 2.24) is 9.13 Å². The molecule has 0 radical (unpaired) electrons. The zero-order valence-electron chi connectivity index (χ0n) is 18.1. The van der Waals surface area contributed by atoms with E-state index in [1.165, 1.54) is 24.3 Å². The average molecular weight is 438 g/mol. The molecule has 0 unspecified atom stereocenters. The smallest absolute Gasteiger partial charge is 0.263 e. The average Bonchev–Trinajstić information content (AvgIpc) is 3.10. The quantitative estimate of drug-likeness (QED) is 0.387. The minimum Gasteiger partial charge on any atom is -0.268 e. The van der Waals surface area contributed by atoms with Gasteiger partial charge in [-0.2, -0.15) is 9.98 Å². The number of aliphatic imine (C=N–C) groups is 2. The molecule has 2 atom stereocenters. The summed E-state index contributed by atoms with van der Waals surface area (Å²) in [6, 6.07) is 2.42. The first kappa shape index (κ1) is 22.9. The zero-order valence-corrected chi connectivity index (χ0v) is 18.1. The van der Waals surface area contributed by atoms with Gasteiger partial charge >= 0.3 is 0 Å². The van der Waals surface area contributed by atoms with Crippen LogP contribution in [-0.2, 0) is 9.59 Å². The molecule has 0 amide bonds. The highest BCUT2D eigenvalue weighted by Gasteiger charge is 2.26. The molecule has 0 bridgehead atoms. The summed E-state index contributed by atoms with van der Waals surface area (Å²) in [5.41, 5.74) is -2.83. The predicted octanol–water partition coefficient (Wildman–Crippen LogP) is 1.67. The molecule has 1 aromatic carbocycles. The van der Waals surface area contributed by atoms with Crippen molar-refractivity contribution in [1.29, 1.82) is 0 Å². The minimum absolute atomic E-state index is 0.0272. The second kappa shape index (κ2) is 8.78. The highest BCUT2D eigenvalue weighted by Crippen LogP contribution is 2.22. The molecule has 0 aliphatic carbocycles. The fraction of sp³-hybridized carbons (Fsp3) is 0.455. The van der Waals surface area contributed by atoms with Crippen LogP contribution in [0, 0.1) is 11.8 Å². The molecular formula is C22H22N4O6. The fourth-order valence-corrected chi connectivity index (χ4v) is 3.95. The van der Waals surface area contributed by atoms with Gasteiger partial charge in [-0.25, -0.2) is 9.59 Å². The molecule has 10 nitrogen and oxygen atoms in total. The van der Waals surface area contributed by atoms with Crippen LogP contribution >= 0.6 is 0 Å². The van der Waals surface area contributed by atoms with Gasteiger partial charge in [-0.3, -0.25) is 28.3 Å². The third-order valence-corrected chi connectivity index (χ3v) is 5.32. The molecule has 166 valence electrons. The van der Waals surface area contributed by atoms with Crippen LogP contribution in [0.4, 0.5) is 0 Å². The number of nitrogens with zero attached hydrogens (tertiary/aromatic N) is 4. The topological polar surface area (TPSA) is 137 Å². The Morgan fingerprint density at radius 3 is 1.16 bits per heavy atom. The second-order valence-electron chi connectivity index (χ2n) is 8.57. The Bertz CT molecular complexity index is 1300. The van der Waals surface area contributed by atoms with E-state index in [4.69, 9.17) is 0 Å². The normalized spacial score (nSPS) is 13.4. The third kappa shape index (κ3) is 3.82. The van der Waals surface area contributed by atoms with Crippen LogP contribution in [0.1, 0.15) is 52.9 Å². The molecular weight excluding hydrogens is 416 g/mol. The van der Waals surface area contributed by atoms with Gasteiger partial charge in [-0.15, -0.1) is 0 Å². The summed E-state index contributed by atoms with van der Waals surface area (Å²) < 4.78 is 1.71. The monoisotopic (exact) mass is 438 g/mol. The Hall–Kier alpha value is -3.74. The molecule has 2 heterocycles. The first-order valence-corrected chi connectivity index (χ1v) is 10.2. The zero-order chi connectivity index (χ0) is 23.7. The number of rotatable bonds is 8. The van der Waals surface area contributed by atoms with Gasteiger partial charge in [0, 0.05) is 0 Å². The molecule has 0 N–H and O–H groups in total. The minimum atomic E-state index is -1.03. The Balaban J connectivity index is 2.34. The molecule has 3 aromatic rings. The standard InChI is InChI=1S/C22H22N4O6/c1-11(2)5-17(23-9-27)25-19(29)13-7-15-16(8-14(13)20(25)30)22(32)26(21(15)31)18(24-10-28)6-12(3)4/h7-8,11-12,17-18H,5-6H2,1-4H3/t17-,18-/m0/s1. The molecule has 0 fully saturated rings. The lowest BCUT2D eigenvalue weighted by Crippen LogP contribution is -2.30. The summed E-state index contributed by atoms with van der Waals surface area (Å²) in [6.45, 7) is 7.39. The molecule has 0 aliphatic heterocycles. The number of benzene rings is 1. The van der Waals surface area contributed by atoms with Gasteiger partial charge in [0.1, 0.15) is 12.3 Å². The summed E-state index contributed by atoms with van der Waals surface area (Å²) in [5, 5.41) is -0.200. The Morgan fingerprint density at radius 1 is 0.656 bits per heavy atom. The van der Waals surface area contributed by atoms with E-state index in [-0.39, 0.29) is 46.2 Å². The van der Waals surface area contributed by atoms with E-state index < -0.39 is 34.6 Å². The van der Waals surface area contributed by atoms with Crippen molar-refractivity contribution in [2.24, 2.45) is 21.8 Å². The van der Waals surface area contributed by atoms with Crippen LogP contribution in [0.2, 0.25) is 0 Å². The molecule has 3 rings (SSSR count). The number of fused-ring (bicyclic) bond motifs is 2. The lowest BCUT2D eigenvalue weighted by atomic mass is 10.1. The van der Waals surface area contributed by atoms with Crippen LogP contribution in [0.3, 0.4) is 0 Å². The van der Waals surface area contributed by atoms with E-state index in [0.29, 0.717) is 0 Å². The molecule has 0 saturated heterocycles. The van der Waals surface area contributed by atoms with E-state index in [0.717, 1.165) is 9.13 Å². The van der Waals surface area contributed by atoms with Crippen LogP contribution < -0.4 is 22.2 Å². The summed E-state index contributed by atoms with van der Waals surface area (Å²) in [6.07, 6.45) is 1.24. The molecule has 0 spiro atoms. The summed E-state index contributed by atoms with van der Waals surface area (Å²) in [5.74, 6) is 0.0544. The summed E-state index contributed by atoms with van der Waals surface area (Å²) in [4.78, 5) is 80.9. The lowest BCUT2D eigenvalue weighted by Gasteiger charge is -2.13. The van der Waals surface area contributed by atoms with E-state index in [9.17, 15) is 28.8 Å². The van der Waals surface area contributed by atoms with E-state index in [1.807, 2.05) is 27.7 Å². The first-order chi connectivity index (χ1) is 15.1. The molecule has 32 heavy (non-hydrogen) atoms. The third-order valence-electron chi connectivity index (χ3n) is 5.32. The predicted molar refractivity (Wildman–Crippen MR) is 118 cm³/mol. The van der Waals surface area contributed by atoms with E-state index in [1.54, 1.807) is 0 Å². The van der Waals surface area contributed by atoms with Crippen molar-refractivity contribution in [3.63, 3.8) is 0 Å². The van der Waals surface area contributed by atoms with Gasteiger partial charge in [-0.1, -0.05) is 27.7 Å². The Morgan fingerprint density at radius 2 is 0.938 bits per heavy atom. The number of hydrogen-bond acceptors (Lipinski definition) is 8. The largest absolute Gasteiger partial charge is 0.268 e. The number of hydrogen-bond donors (Lipinski definition) is 0. The highest BCUT2D eigenvalue weighted by molar-refractivity contribution is 5.97. The van der Waals surface area contributed by atoms with E-state index in [2.05, 4.69) is 9.98 Å². The van der Waals surface area contributed by atoms with Gasteiger partial charge in [-0.05, 0) is 36.8 Å². The first-order valence-electron chi connectivity index (χ1n) is 10.2. The van der Waals surface area contributed by atoms with Gasteiger partial charge in [0.05, 0.1) is 21.5 Å². The van der Waals surface area contributed by atoms with Crippen LogP contribution in [0.5, 0.6) is 0 Å². The van der Waals surface area contributed by atoms with Crippen molar-refractivity contribution in [2.45, 2.75) is 52.9 Å². The Labute approximate surface area is 181 Å². The van der Waals surface area contributed by atoms with Crippen LogP contribution in [0.15, 0.2) is 41.3 Å². The van der Waals surface area contributed by atoms with E-state index >= 15 is 0 Å². The van der Waals surface area contributed by atoms with Gasteiger partial charge in [0.25, 0.3) is 22.2 Å². The summed E-state index contributed by atoms with van der Waals surface area (Å²) >= 11 is 0. The molecule has 2 aromatic heterocycles. The fourth-order valence-electron chi connectivity index (χ4n) is 3.95. The molecule has 0 aliphatic rings. The Kier molecular flexibility index (Phi) is 6.30. The lowest BCUT2D eigenvalue weighted by molar-refractivity contribution is 0.399. The maximum atomic E-state index is 13.0. The van der Waals surface area contributed by atoms with Crippen LogP contribution in [-0.4, -0.2) is 21.3 Å². The highest BCUT2D eigenvalue weighted by atomic mass is 16.2.